The molecule has 2 rings (SSSR count). The molecular weight excluding hydrogens is 180 g/mol. The quantitative estimate of drug-likeness (QED) is 0.494. The van der Waals surface area contributed by atoms with Crippen LogP contribution < -0.4 is 0 Å². The molecule has 2 aliphatic carbocycles. The standard InChI is InChI=1S/C15H24/c1-11(2)13-7-9-15(4)8-5-6-12(3)14(15)10-13/h14H,3,5-10H2,1-2,4H3/t14-,15+/m0/s1. The summed E-state index contributed by atoms with van der Waals surface area (Å²) in [5.41, 5.74) is 5.37. The first kappa shape index (κ1) is 11.0. The molecule has 0 amide bonds. The third-order valence-corrected chi connectivity index (χ3v) is 4.74. The van der Waals surface area contributed by atoms with Crippen LogP contribution in [-0.4, -0.2) is 0 Å². The van der Waals surface area contributed by atoms with E-state index in [4.69, 9.17) is 0 Å². The number of allylic oxidation sites excluding steroid dienone is 3. The predicted octanol–water partition coefficient (Wildman–Crippen LogP) is 4.87. The van der Waals surface area contributed by atoms with Crippen LogP contribution in [0, 0.1) is 11.3 Å². The lowest BCUT2D eigenvalue weighted by molar-refractivity contribution is 0.127. The van der Waals surface area contributed by atoms with Crippen LogP contribution in [0.3, 0.4) is 0 Å². The van der Waals surface area contributed by atoms with E-state index in [0.717, 1.165) is 5.92 Å². The van der Waals surface area contributed by atoms with E-state index in [0.29, 0.717) is 5.41 Å². The van der Waals surface area contributed by atoms with Crippen molar-refractivity contribution in [2.24, 2.45) is 11.3 Å². The summed E-state index contributed by atoms with van der Waals surface area (Å²) in [5, 5.41) is 0. The molecule has 0 aromatic heterocycles. The van der Waals surface area contributed by atoms with Gasteiger partial charge in [-0.15, -0.1) is 0 Å². The largest absolute Gasteiger partial charge is 0.0995 e. The molecule has 0 spiro atoms. The molecule has 0 aromatic rings. The minimum atomic E-state index is 0.578. The van der Waals surface area contributed by atoms with E-state index in [9.17, 15) is 0 Å². The molecule has 0 bridgehead atoms. The van der Waals surface area contributed by atoms with Crippen molar-refractivity contribution in [3.63, 3.8) is 0 Å². The minimum Gasteiger partial charge on any atom is -0.0995 e. The molecule has 84 valence electrons. The van der Waals surface area contributed by atoms with Gasteiger partial charge in [0, 0.05) is 0 Å². The first-order valence-corrected chi connectivity index (χ1v) is 6.36. The van der Waals surface area contributed by atoms with E-state index in [1.54, 1.807) is 11.1 Å². The zero-order valence-corrected chi connectivity index (χ0v) is 10.5. The van der Waals surface area contributed by atoms with Crippen LogP contribution in [0.4, 0.5) is 0 Å². The molecular formula is C15H24. The Hall–Kier alpha value is -0.520. The number of rotatable bonds is 0. The molecule has 0 saturated heterocycles. The minimum absolute atomic E-state index is 0.578. The summed E-state index contributed by atoms with van der Waals surface area (Å²) in [5.74, 6) is 0.782. The van der Waals surface area contributed by atoms with Crippen molar-refractivity contribution in [3.05, 3.63) is 23.3 Å². The Morgan fingerprint density at radius 3 is 2.67 bits per heavy atom. The summed E-state index contributed by atoms with van der Waals surface area (Å²) in [7, 11) is 0. The molecule has 0 aromatic carbocycles. The van der Waals surface area contributed by atoms with Crippen molar-refractivity contribution in [2.45, 2.75) is 59.3 Å². The highest BCUT2D eigenvalue weighted by atomic mass is 14.5. The lowest BCUT2D eigenvalue weighted by Gasteiger charge is -2.47. The van der Waals surface area contributed by atoms with E-state index in [2.05, 4.69) is 27.4 Å². The Kier molecular flexibility index (Phi) is 2.79. The van der Waals surface area contributed by atoms with Gasteiger partial charge in [0.25, 0.3) is 0 Å². The third kappa shape index (κ3) is 1.91. The Bertz CT molecular complexity index is 304. The molecule has 2 fully saturated rings. The number of hydrogen-bond acceptors (Lipinski definition) is 0. The molecule has 0 aliphatic heterocycles. The van der Waals surface area contributed by atoms with Gasteiger partial charge in [-0.05, 0) is 63.7 Å². The first-order valence-electron chi connectivity index (χ1n) is 6.36. The topological polar surface area (TPSA) is 0 Å². The van der Waals surface area contributed by atoms with Gasteiger partial charge >= 0.3 is 0 Å². The number of hydrogen-bond donors (Lipinski definition) is 0. The smallest absolute Gasteiger partial charge is 0.0114 e. The Labute approximate surface area is 94.5 Å². The molecule has 0 nitrogen and oxygen atoms in total. The Morgan fingerprint density at radius 2 is 2.00 bits per heavy atom. The molecule has 0 unspecified atom stereocenters. The van der Waals surface area contributed by atoms with Crippen molar-refractivity contribution >= 4 is 0 Å². The van der Waals surface area contributed by atoms with Crippen LogP contribution in [0.15, 0.2) is 23.3 Å². The molecule has 2 aliphatic rings. The van der Waals surface area contributed by atoms with Gasteiger partial charge in [0.1, 0.15) is 0 Å². The van der Waals surface area contributed by atoms with Gasteiger partial charge in [0.15, 0.2) is 0 Å². The summed E-state index contributed by atoms with van der Waals surface area (Å²) >= 11 is 0. The van der Waals surface area contributed by atoms with Gasteiger partial charge in [-0.3, -0.25) is 0 Å². The molecule has 2 atom stereocenters. The summed E-state index contributed by atoms with van der Waals surface area (Å²) < 4.78 is 0. The molecule has 0 heterocycles. The van der Waals surface area contributed by atoms with Crippen LogP contribution in [0.25, 0.3) is 0 Å². The van der Waals surface area contributed by atoms with Crippen LogP contribution in [0.2, 0.25) is 0 Å². The van der Waals surface area contributed by atoms with Crippen molar-refractivity contribution < 1.29 is 0 Å². The first-order chi connectivity index (χ1) is 7.03. The van der Waals surface area contributed by atoms with E-state index in [1.807, 2.05) is 0 Å². The van der Waals surface area contributed by atoms with E-state index in [1.165, 1.54) is 44.1 Å². The van der Waals surface area contributed by atoms with E-state index < -0.39 is 0 Å². The highest BCUT2D eigenvalue weighted by Gasteiger charge is 2.41. The van der Waals surface area contributed by atoms with Gasteiger partial charge < -0.3 is 0 Å². The fourth-order valence-corrected chi connectivity index (χ4v) is 3.49. The summed E-state index contributed by atoms with van der Waals surface area (Å²) in [6.45, 7) is 11.3. The lowest BCUT2D eigenvalue weighted by Crippen LogP contribution is -2.35. The Balaban J connectivity index is 2.23. The SMILES string of the molecule is C=C1CCC[C@]2(C)CCC(=C(C)C)C[C@@H]12. The second-order valence-electron chi connectivity index (χ2n) is 6.03. The van der Waals surface area contributed by atoms with E-state index >= 15 is 0 Å². The van der Waals surface area contributed by atoms with Gasteiger partial charge in [0.05, 0.1) is 0 Å². The maximum Gasteiger partial charge on any atom is -0.0114 e. The van der Waals surface area contributed by atoms with Crippen molar-refractivity contribution in [3.8, 4) is 0 Å². The molecule has 0 N–H and O–H groups in total. The van der Waals surface area contributed by atoms with Crippen molar-refractivity contribution in [1.29, 1.82) is 0 Å². The average molecular weight is 204 g/mol. The summed E-state index contributed by atoms with van der Waals surface area (Å²) in [6, 6.07) is 0. The maximum absolute atomic E-state index is 4.31. The predicted molar refractivity (Wildman–Crippen MR) is 66.8 cm³/mol. The van der Waals surface area contributed by atoms with E-state index in [-0.39, 0.29) is 0 Å². The normalized spacial score (nSPS) is 36.3. The molecule has 15 heavy (non-hydrogen) atoms. The fourth-order valence-electron chi connectivity index (χ4n) is 3.49. The highest BCUT2D eigenvalue weighted by molar-refractivity contribution is 5.22. The Morgan fingerprint density at radius 1 is 1.27 bits per heavy atom. The maximum atomic E-state index is 4.31. The fraction of sp³-hybridized carbons (Fsp3) is 0.733. The van der Waals surface area contributed by atoms with Crippen LogP contribution in [0.1, 0.15) is 59.3 Å². The zero-order chi connectivity index (χ0) is 11.1. The van der Waals surface area contributed by atoms with Crippen LogP contribution in [-0.2, 0) is 0 Å². The van der Waals surface area contributed by atoms with Crippen molar-refractivity contribution in [1.82, 2.24) is 0 Å². The molecule has 0 heteroatoms. The second kappa shape index (κ2) is 3.81. The lowest BCUT2D eigenvalue weighted by atomic mass is 9.58. The monoisotopic (exact) mass is 204 g/mol. The van der Waals surface area contributed by atoms with Gasteiger partial charge in [-0.2, -0.15) is 0 Å². The summed E-state index contributed by atoms with van der Waals surface area (Å²) in [6.07, 6.45) is 8.09. The summed E-state index contributed by atoms with van der Waals surface area (Å²) in [4.78, 5) is 0. The highest BCUT2D eigenvalue weighted by Crippen LogP contribution is 2.53. The van der Waals surface area contributed by atoms with Gasteiger partial charge in [-0.1, -0.05) is 30.2 Å². The van der Waals surface area contributed by atoms with Crippen LogP contribution >= 0.6 is 0 Å². The second-order valence-corrected chi connectivity index (χ2v) is 6.03. The van der Waals surface area contributed by atoms with Crippen molar-refractivity contribution in [2.75, 3.05) is 0 Å². The number of fused-ring (bicyclic) bond motifs is 1. The zero-order valence-electron chi connectivity index (χ0n) is 10.5. The van der Waals surface area contributed by atoms with Gasteiger partial charge in [0.2, 0.25) is 0 Å². The van der Waals surface area contributed by atoms with Gasteiger partial charge in [-0.25, -0.2) is 0 Å². The molecule has 2 saturated carbocycles. The third-order valence-electron chi connectivity index (χ3n) is 4.74. The molecule has 0 radical (unpaired) electrons. The van der Waals surface area contributed by atoms with Crippen LogP contribution in [0.5, 0.6) is 0 Å². The average Bonchev–Trinajstić information content (AvgIpc) is 2.17.